The van der Waals surface area contributed by atoms with Gasteiger partial charge >= 0.3 is 0 Å². The van der Waals surface area contributed by atoms with Gasteiger partial charge in [-0.15, -0.1) is 0 Å². The van der Waals surface area contributed by atoms with Crippen LogP contribution in [0.1, 0.15) is 19.8 Å². The molecular formula is C7H16O4. The van der Waals surface area contributed by atoms with Gasteiger partial charge in [0.1, 0.15) is 6.10 Å². The van der Waals surface area contributed by atoms with Gasteiger partial charge in [-0.2, -0.15) is 0 Å². The average Bonchev–Trinajstić information content (AvgIpc) is 2.03. The third-order valence-corrected chi connectivity index (χ3v) is 1.30. The van der Waals surface area contributed by atoms with Gasteiger partial charge in [0.2, 0.25) is 0 Å². The molecular weight excluding hydrogens is 148 g/mol. The van der Waals surface area contributed by atoms with Crippen molar-refractivity contribution in [3.63, 3.8) is 0 Å². The van der Waals surface area contributed by atoms with Crippen molar-refractivity contribution in [2.75, 3.05) is 13.2 Å². The lowest BCUT2D eigenvalue weighted by atomic mass is 10.3. The molecule has 3 N–H and O–H groups in total. The number of hydrogen-bond acceptors (Lipinski definition) is 4. The van der Waals surface area contributed by atoms with E-state index in [2.05, 4.69) is 0 Å². The molecule has 0 saturated carbocycles. The molecule has 0 radical (unpaired) electrons. The molecule has 4 heteroatoms. The van der Waals surface area contributed by atoms with E-state index in [1.807, 2.05) is 6.92 Å². The Balaban J connectivity index is 3.28. The average molecular weight is 164 g/mol. The second-order valence-electron chi connectivity index (χ2n) is 2.36. The van der Waals surface area contributed by atoms with Gasteiger partial charge in [0.15, 0.2) is 6.29 Å². The van der Waals surface area contributed by atoms with Crippen LogP contribution in [0.15, 0.2) is 0 Å². The Hall–Kier alpha value is -0.160. The minimum absolute atomic E-state index is 0.411. The summed E-state index contributed by atoms with van der Waals surface area (Å²) in [5.74, 6) is 0. The minimum Gasteiger partial charge on any atom is -0.393 e. The Bertz CT molecular complexity index is 86.5. The van der Waals surface area contributed by atoms with Crippen LogP contribution in [-0.4, -0.2) is 40.9 Å². The van der Waals surface area contributed by atoms with Crippen molar-refractivity contribution in [3.05, 3.63) is 0 Å². The Labute approximate surface area is 66.4 Å². The van der Waals surface area contributed by atoms with Crippen LogP contribution in [0.3, 0.4) is 0 Å². The molecule has 0 rings (SSSR count). The summed E-state index contributed by atoms with van der Waals surface area (Å²) in [5, 5.41) is 26.1. The summed E-state index contributed by atoms with van der Waals surface area (Å²) in [4.78, 5) is 0. The highest BCUT2D eigenvalue weighted by Crippen LogP contribution is 1.97. The van der Waals surface area contributed by atoms with Crippen molar-refractivity contribution in [2.45, 2.75) is 32.2 Å². The van der Waals surface area contributed by atoms with E-state index in [0.29, 0.717) is 6.61 Å². The van der Waals surface area contributed by atoms with Gasteiger partial charge < -0.3 is 20.1 Å². The van der Waals surface area contributed by atoms with Crippen LogP contribution in [0.25, 0.3) is 0 Å². The number of aliphatic hydroxyl groups is 3. The fourth-order valence-corrected chi connectivity index (χ4v) is 0.550. The lowest BCUT2D eigenvalue weighted by Gasteiger charge is -2.15. The molecule has 11 heavy (non-hydrogen) atoms. The van der Waals surface area contributed by atoms with E-state index >= 15 is 0 Å². The normalized spacial score (nSPS) is 16.4. The third-order valence-electron chi connectivity index (χ3n) is 1.30. The molecule has 0 aromatic rings. The Morgan fingerprint density at radius 3 is 2.45 bits per heavy atom. The van der Waals surface area contributed by atoms with E-state index in [9.17, 15) is 0 Å². The Morgan fingerprint density at radius 2 is 2.00 bits per heavy atom. The first-order valence-corrected chi connectivity index (χ1v) is 3.81. The van der Waals surface area contributed by atoms with Crippen molar-refractivity contribution in [1.82, 2.24) is 0 Å². The molecule has 0 bridgehead atoms. The van der Waals surface area contributed by atoms with Crippen LogP contribution in [0.4, 0.5) is 0 Å². The summed E-state index contributed by atoms with van der Waals surface area (Å²) < 4.78 is 4.78. The molecule has 0 aliphatic carbocycles. The number of hydrogen-bond donors (Lipinski definition) is 3. The Morgan fingerprint density at radius 1 is 1.36 bits per heavy atom. The van der Waals surface area contributed by atoms with E-state index in [4.69, 9.17) is 20.1 Å². The van der Waals surface area contributed by atoms with Crippen LogP contribution >= 0.6 is 0 Å². The van der Waals surface area contributed by atoms with Gasteiger partial charge in [-0.3, -0.25) is 0 Å². The van der Waals surface area contributed by atoms with Gasteiger partial charge in [-0.25, -0.2) is 0 Å². The number of rotatable bonds is 6. The fraction of sp³-hybridized carbons (Fsp3) is 1.00. The zero-order chi connectivity index (χ0) is 8.69. The summed E-state index contributed by atoms with van der Waals surface area (Å²) in [7, 11) is 0. The van der Waals surface area contributed by atoms with Crippen molar-refractivity contribution < 1.29 is 20.1 Å². The Kier molecular flexibility index (Phi) is 6.45. The molecule has 2 unspecified atom stereocenters. The van der Waals surface area contributed by atoms with Crippen molar-refractivity contribution in [1.29, 1.82) is 0 Å². The summed E-state index contributed by atoms with van der Waals surface area (Å²) in [5.41, 5.74) is 0. The van der Waals surface area contributed by atoms with Crippen LogP contribution < -0.4 is 0 Å². The van der Waals surface area contributed by atoms with E-state index in [1.54, 1.807) is 0 Å². The molecule has 0 aromatic heterocycles. The second kappa shape index (κ2) is 6.54. The highest BCUT2D eigenvalue weighted by molar-refractivity contribution is 4.54. The lowest BCUT2D eigenvalue weighted by Crippen LogP contribution is -2.31. The maximum Gasteiger partial charge on any atom is 0.183 e. The smallest absolute Gasteiger partial charge is 0.183 e. The summed E-state index contributed by atoms with van der Waals surface area (Å²) in [6.45, 7) is 1.93. The number of unbranched alkanes of at least 4 members (excludes halogenated alkanes) is 1. The van der Waals surface area contributed by atoms with Crippen molar-refractivity contribution in [3.8, 4) is 0 Å². The predicted molar refractivity (Wildman–Crippen MR) is 40.0 cm³/mol. The second-order valence-corrected chi connectivity index (χ2v) is 2.36. The minimum atomic E-state index is -1.26. The summed E-state index contributed by atoms with van der Waals surface area (Å²) >= 11 is 0. The van der Waals surface area contributed by atoms with Crippen molar-refractivity contribution >= 4 is 0 Å². The molecule has 0 amide bonds. The summed E-state index contributed by atoms with van der Waals surface area (Å²) in [6, 6.07) is 0. The van der Waals surface area contributed by atoms with E-state index in [-0.39, 0.29) is 0 Å². The highest BCUT2D eigenvalue weighted by atomic mass is 16.6. The van der Waals surface area contributed by atoms with Gasteiger partial charge in [-0.1, -0.05) is 13.3 Å². The fourth-order valence-electron chi connectivity index (χ4n) is 0.550. The van der Waals surface area contributed by atoms with Gasteiger partial charge in [-0.05, 0) is 6.42 Å². The first kappa shape index (κ1) is 10.8. The molecule has 0 aliphatic rings. The summed E-state index contributed by atoms with van der Waals surface area (Å²) in [6.07, 6.45) is -0.629. The van der Waals surface area contributed by atoms with Crippen molar-refractivity contribution in [2.24, 2.45) is 0 Å². The SMILES string of the molecule is CCCCOC(O)C(O)CO. The standard InChI is InChI=1S/C7H16O4/c1-2-3-4-11-7(10)6(9)5-8/h6-10H,2-5H2,1H3. The van der Waals surface area contributed by atoms with Crippen LogP contribution in [0, 0.1) is 0 Å². The molecule has 0 aromatic carbocycles. The quantitative estimate of drug-likeness (QED) is 0.365. The van der Waals surface area contributed by atoms with E-state index in [1.165, 1.54) is 0 Å². The molecule has 0 heterocycles. The molecule has 0 saturated heterocycles. The third kappa shape index (κ3) is 5.15. The van der Waals surface area contributed by atoms with Gasteiger partial charge in [0.05, 0.1) is 6.61 Å². The molecule has 68 valence electrons. The van der Waals surface area contributed by atoms with E-state index in [0.717, 1.165) is 12.8 Å². The maximum atomic E-state index is 8.91. The number of ether oxygens (including phenoxy) is 1. The molecule has 2 atom stereocenters. The molecule has 0 fully saturated rings. The van der Waals surface area contributed by atoms with Crippen LogP contribution in [-0.2, 0) is 4.74 Å². The largest absolute Gasteiger partial charge is 0.393 e. The first-order chi connectivity index (χ1) is 5.22. The molecule has 0 spiro atoms. The van der Waals surface area contributed by atoms with E-state index < -0.39 is 19.0 Å². The highest BCUT2D eigenvalue weighted by Gasteiger charge is 2.14. The predicted octanol–water partition coefficient (Wildman–Crippen LogP) is -0.525. The zero-order valence-corrected chi connectivity index (χ0v) is 6.73. The van der Waals surface area contributed by atoms with Gasteiger partial charge in [0, 0.05) is 6.61 Å². The zero-order valence-electron chi connectivity index (χ0n) is 6.73. The molecule has 0 aliphatic heterocycles. The maximum absolute atomic E-state index is 8.91. The first-order valence-electron chi connectivity index (χ1n) is 3.81. The van der Waals surface area contributed by atoms with Crippen LogP contribution in [0.2, 0.25) is 0 Å². The van der Waals surface area contributed by atoms with Crippen LogP contribution in [0.5, 0.6) is 0 Å². The lowest BCUT2D eigenvalue weighted by molar-refractivity contribution is -0.171. The monoisotopic (exact) mass is 164 g/mol. The van der Waals surface area contributed by atoms with Gasteiger partial charge in [0.25, 0.3) is 0 Å². The molecule has 4 nitrogen and oxygen atoms in total. The number of aliphatic hydroxyl groups excluding tert-OH is 3. The topological polar surface area (TPSA) is 69.9 Å².